The minimum Gasteiger partial charge on any atom is -0.341 e. The van der Waals surface area contributed by atoms with Crippen LogP contribution in [0, 0.1) is 5.82 Å². The first-order valence-corrected chi connectivity index (χ1v) is 11.4. The van der Waals surface area contributed by atoms with E-state index in [4.69, 9.17) is 0 Å². The molecule has 1 atom stereocenters. The Bertz CT molecular complexity index is 1380. The van der Waals surface area contributed by atoms with Gasteiger partial charge in [0.2, 0.25) is 11.9 Å². The number of hydrogen-bond acceptors (Lipinski definition) is 5. The third kappa shape index (κ3) is 4.70. The van der Waals surface area contributed by atoms with Crippen LogP contribution in [0.2, 0.25) is 0 Å². The van der Waals surface area contributed by atoms with E-state index in [2.05, 4.69) is 25.2 Å². The van der Waals surface area contributed by atoms with Gasteiger partial charge in [0.25, 0.3) is 5.91 Å². The van der Waals surface area contributed by atoms with E-state index in [0.29, 0.717) is 12.2 Å². The fourth-order valence-corrected chi connectivity index (χ4v) is 4.29. The Balaban J connectivity index is 1.27. The number of benzene rings is 2. The molecular weight excluding hydrogens is 447 g/mol. The highest BCUT2D eigenvalue weighted by atomic mass is 19.1. The summed E-state index contributed by atoms with van der Waals surface area (Å²) in [5.74, 6) is 0.174. The molecule has 178 valence electrons. The van der Waals surface area contributed by atoms with Crippen molar-refractivity contribution >= 4 is 34.5 Å². The van der Waals surface area contributed by atoms with E-state index in [1.165, 1.54) is 12.1 Å². The molecule has 4 aromatic rings. The molecule has 3 heterocycles. The lowest BCUT2D eigenvalue weighted by molar-refractivity contribution is -0.127. The molecule has 1 saturated heterocycles. The van der Waals surface area contributed by atoms with Crippen LogP contribution in [-0.2, 0) is 4.79 Å². The predicted octanol–water partition coefficient (Wildman–Crippen LogP) is 4.07. The Kier molecular flexibility index (Phi) is 5.90. The van der Waals surface area contributed by atoms with E-state index in [9.17, 15) is 14.0 Å². The largest absolute Gasteiger partial charge is 0.341 e. The van der Waals surface area contributed by atoms with Crippen LogP contribution in [0.15, 0.2) is 60.8 Å². The number of fused-ring (bicyclic) bond motifs is 1. The zero-order valence-electron chi connectivity index (χ0n) is 19.5. The molecule has 8 nitrogen and oxygen atoms in total. The van der Waals surface area contributed by atoms with Crippen LogP contribution in [0.4, 0.5) is 16.0 Å². The molecule has 0 bridgehead atoms. The number of halogens is 1. The van der Waals surface area contributed by atoms with E-state index in [1.807, 2.05) is 24.1 Å². The van der Waals surface area contributed by atoms with Gasteiger partial charge < -0.3 is 20.1 Å². The number of likely N-dealkylation sites (tertiary alicyclic amines) is 1. The maximum Gasteiger partial charge on any atom is 0.274 e. The van der Waals surface area contributed by atoms with Gasteiger partial charge in [0.15, 0.2) is 0 Å². The van der Waals surface area contributed by atoms with Crippen LogP contribution in [0.3, 0.4) is 0 Å². The van der Waals surface area contributed by atoms with Gasteiger partial charge in [0.05, 0.1) is 17.1 Å². The smallest absolute Gasteiger partial charge is 0.274 e. The number of amides is 2. The molecule has 2 aromatic carbocycles. The van der Waals surface area contributed by atoms with Gasteiger partial charge in [-0.3, -0.25) is 14.6 Å². The predicted molar refractivity (Wildman–Crippen MR) is 133 cm³/mol. The number of nitrogens with zero attached hydrogens (tertiary/aromatic N) is 4. The van der Waals surface area contributed by atoms with E-state index < -0.39 is 0 Å². The number of imidazole rings is 1. The normalized spacial score (nSPS) is 15.4. The van der Waals surface area contributed by atoms with Crippen molar-refractivity contribution in [1.82, 2.24) is 19.9 Å². The lowest BCUT2D eigenvalue weighted by Crippen LogP contribution is -2.36. The molecule has 2 N–H and O–H groups in total. The van der Waals surface area contributed by atoms with Crippen molar-refractivity contribution in [1.29, 1.82) is 0 Å². The average Bonchev–Trinajstić information content (AvgIpc) is 3.52. The molecule has 0 radical (unpaired) electrons. The molecule has 9 heteroatoms. The van der Waals surface area contributed by atoms with Gasteiger partial charge in [0.1, 0.15) is 11.5 Å². The van der Waals surface area contributed by atoms with Gasteiger partial charge in [-0.25, -0.2) is 9.37 Å². The second kappa shape index (κ2) is 9.17. The van der Waals surface area contributed by atoms with E-state index in [0.717, 1.165) is 41.1 Å². The maximum absolute atomic E-state index is 13.1. The summed E-state index contributed by atoms with van der Waals surface area (Å²) in [4.78, 5) is 40.5. The number of aromatic amines is 1. The molecule has 1 aliphatic heterocycles. The molecule has 2 aromatic heterocycles. The first kappa shape index (κ1) is 22.5. The van der Waals surface area contributed by atoms with Crippen LogP contribution in [0.1, 0.15) is 23.8 Å². The number of rotatable bonds is 5. The standard InChI is InChI=1S/C26H25FN6O2/c1-16(34)33-12-11-21(15-33)32(2)26-30-22-10-8-20(13-24(22)31-26)29-25(35)23-9-5-18(14-28-23)17-3-6-19(27)7-4-17/h3-10,13-14,21H,11-12,15H2,1-2H3,(H,29,35)(H,30,31). The summed E-state index contributed by atoms with van der Waals surface area (Å²) in [5, 5.41) is 2.87. The number of carbonyl (C=O) groups is 2. The first-order chi connectivity index (χ1) is 16.9. The van der Waals surface area contributed by atoms with Crippen LogP contribution >= 0.6 is 0 Å². The van der Waals surface area contributed by atoms with E-state index >= 15 is 0 Å². The Morgan fingerprint density at radius 3 is 2.57 bits per heavy atom. The fourth-order valence-electron chi connectivity index (χ4n) is 4.29. The molecule has 2 amide bonds. The van der Waals surface area contributed by atoms with Crippen molar-refractivity contribution in [2.24, 2.45) is 0 Å². The zero-order valence-corrected chi connectivity index (χ0v) is 19.5. The van der Waals surface area contributed by atoms with Crippen LogP contribution < -0.4 is 10.2 Å². The fraction of sp³-hybridized carbons (Fsp3) is 0.231. The highest BCUT2D eigenvalue weighted by Gasteiger charge is 2.28. The van der Waals surface area contributed by atoms with Crippen molar-refractivity contribution in [2.45, 2.75) is 19.4 Å². The first-order valence-electron chi connectivity index (χ1n) is 11.4. The Morgan fingerprint density at radius 2 is 1.89 bits per heavy atom. The number of carbonyl (C=O) groups excluding carboxylic acids is 2. The van der Waals surface area contributed by atoms with Crippen molar-refractivity contribution in [3.63, 3.8) is 0 Å². The Hall–Kier alpha value is -4.27. The molecule has 1 aliphatic rings. The summed E-state index contributed by atoms with van der Waals surface area (Å²) in [5.41, 5.74) is 4.10. The Morgan fingerprint density at radius 1 is 1.11 bits per heavy atom. The second-order valence-corrected chi connectivity index (χ2v) is 8.70. The SMILES string of the molecule is CC(=O)N1CCC(N(C)c2nc3ccc(NC(=O)c4ccc(-c5ccc(F)cc5)cn4)cc3[nH]2)C1. The lowest BCUT2D eigenvalue weighted by atomic mass is 10.1. The molecular formula is C26H25FN6O2. The van der Waals surface area contributed by atoms with Crippen LogP contribution in [0.25, 0.3) is 22.2 Å². The van der Waals surface area contributed by atoms with Gasteiger partial charge in [-0.1, -0.05) is 18.2 Å². The molecule has 0 aliphatic carbocycles. The molecule has 0 spiro atoms. The summed E-state index contributed by atoms with van der Waals surface area (Å²) in [6.07, 6.45) is 2.49. The topological polar surface area (TPSA) is 94.2 Å². The Labute approximate surface area is 201 Å². The maximum atomic E-state index is 13.1. The number of hydrogen-bond donors (Lipinski definition) is 2. The van der Waals surface area contributed by atoms with Crippen LogP contribution in [0.5, 0.6) is 0 Å². The zero-order chi connectivity index (χ0) is 24.5. The number of H-pyrrole nitrogens is 1. The van der Waals surface area contributed by atoms with Crippen molar-refractivity contribution < 1.29 is 14.0 Å². The van der Waals surface area contributed by atoms with E-state index in [-0.39, 0.29) is 29.4 Å². The molecule has 5 rings (SSSR count). The highest BCUT2D eigenvalue weighted by Crippen LogP contribution is 2.25. The summed E-state index contributed by atoms with van der Waals surface area (Å²) >= 11 is 0. The van der Waals surface area contributed by atoms with Crippen molar-refractivity contribution in [2.75, 3.05) is 30.4 Å². The summed E-state index contributed by atoms with van der Waals surface area (Å²) in [6, 6.07) is 15.2. The summed E-state index contributed by atoms with van der Waals surface area (Å²) < 4.78 is 13.1. The minimum atomic E-state index is -0.331. The van der Waals surface area contributed by atoms with Gasteiger partial charge in [-0.15, -0.1) is 0 Å². The lowest BCUT2D eigenvalue weighted by Gasteiger charge is -2.23. The number of pyridine rings is 1. The summed E-state index contributed by atoms with van der Waals surface area (Å²) in [6.45, 7) is 3.02. The van der Waals surface area contributed by atoms with Gasteiger partial charge in [0, 0.05) is 44.5 Å². The molecule has 35 heavy (non-hydrogen) atoms. The molecule has 1 unspecified atom stereocenters. The highest BCUT2D eigenvalue weighted by molar-refractivity contribution is 6.03. The molecule has 1 fully saturated rings. The number of likely N-dealkylation sites (N-methyl/N-ethyl adjacent to an activating group) is 1. The van der Waals surface area contributed by atoms with Crippen LogP contribution in [-0.4, -0.2) is 57.8 Å². The minimum absolute atomic E-state index is 0.0884. The summed E-state index contributed by atoms with van der Waals surface area (Å²) in [7, 11) is 1.97. The second-order valence-electron chi connectivity index (χ2n) is 8.70. The van der Waals surface area contributed by atoms with Gasteiger partial charge >= 0.3 is 0 Å². The van der Waals surface area contributed by atoms with E-state index in [1.54, 1.807) is 43.5 Å². The quantitative estimate of drug-likeness (QED) is 0.457. The van der Waals surface area contributed by atoms with Gasteiger partial charge in [-0.2, -0.15) is 0 Å². The van der Waals surface area contributed by atoms with Crippen molar-refractivity contribution in [3.05, 3.63) is 72.3 Å². The number of aromatic nitrogens is 3. The monoisotopic (exact) mass is 472 g/mol. The average molecular weight is 473 g/mol. The van der Waals surface area contributed by atoms with Crippen molar-refractivity contribution in [3.8, 4) is 11.1 Å². The van der Waals surface area contributed by atoms with Gasteiger partial charge in [-0.05, 0) is 48.4 Å². The molecule has 0 saturated carbocycles. The third-order valence-electron chi connectivity index (χ3n) is 6.39. The number of nitrogens with one attached hydrogen (secondary N) is 2. The third-order valence-corrected chi connectivity index (χ3v) is 6.39. The number of anilines is 2.